The lowest BCUT2D eigenvalue weighted by atomic mass is 10.2. The fourth-order valence-corrected chi connectivity index (χ4v) is 3.71. The van der Waals surface area contributed by atoms with Crippen molar-refractivity contribution in [3.8, 4) is 0 Å². The van der Waals surface area contributed by atoms with E-state index in [0.717, 1.165) is 13.0 Å². The third-order valence-corrected chi connectivity index (χ3v) is 4.67. The van der Waals surface area contributed by atoms with Crippen LogP contribution in [0.1, 0.15) is 32.8 Å². The van der Waals surface area contributed by atoms with Crippen molar-refractivity contribution in [3.05, 3.63) is 28.0 Å². The monoisotopic (exact) mass is 380 g/mol. The van der Waals surface area contributed by atoms with E-state index in [1.54, 1.807) is 6.07 Å². The van der Waals surface area contributed by atoms with Gasteiger partial charge in [0.1, 0.15) is 10.7 Å². The van der Waals surface area contributed by atoms with Crippen molar-refractivity contribution in [2.75, 3.05) is 13.1 Å². The average Bonchev–Trinajstić information content (AvgIpc) is 2.40. The van der Waals surface area contributed by atoms with Crippen LogP contribution in [0.3, 0.4) is 0 Å². The van der Waals surface area contributed by atoms with E-state index in [0.29, 0.717) is 16.6 Å². The number of nitrogens with one attached hydrogen (secondary N) is 2. The van der Waals surface area contributed by atoms with Crippen molar-refractivity contribution in [1.82, 2.24) is 10.0 Å². The highest BCUT2D eigenvalue weighted by molar-refractivity contribution is 9.10. The lowest BCUT2D eigenvalue weighted by Crippen LogP contribution is -2.28. The molecule has 4 nitrogen and oxygen atoms in total. The van der Waals surface area contributed by atoms with Gasteiger partial charge in [-0.25, -0.2) is 17.5 Å². The van der Waals surface area contributed by atoms with E-state index in [9.17, 15) is 12.8 Å². The van der Waals surface area contributed by atoms with E-state index >= 15 is 0 Å². The zero-order valence-electron chi connectivity index (χ0n) is 12.5. The van der Waals surface area contributed by atoms with Crippen LogP contribution in [-0.4, -0.2) is 21.5 Å². The Kier molecular flexibility index (Phi) is 7.26. The lowest BCUT2D eigenvalue weighted by Gasteiger charge is -2.13. The highest BCUT2D eigenvalue weighted by Crippen LogP contribution is 2.24. The van der Waals surface area contributed by atoms with Crippen LogP contribution in [0.15, 0.2) is 21.5 Å². The standard InChI is InChI=1S/C14H22BrFN2O2S/c1-4-5-17-9-11-6-12(15)7-13(14(11)16)21(19,20)18-8-10(2)3/h6-7,10,17-18H,4-5,8-9H2,1-3H3. The Balaban J connectivity index is 3.06. The molecule has 0 spiro atoms. The van der Waals surface area contributed by atoms with Gasteiger partial charge in [-0.15, -0.1) is 0 Å². The second kappa shape index (κ2) is 8.22. The molecule has 0 unspecified atom stereocenters. The second-order valence-corrected chi connectivity index (χ2v) is 7.95. The van der Waals surface area contributed by atoms with Crippen LogP contribution < -0.4 is 10.0 Å². The maximum atomic E-state index is 14.4. The Labute approximate surface area is 134 Å². The molecule has 1 rings (SSSR count). The van der Waals surface area contributed by atoms with Gasteiger partial charge in [0.2, 0.25) is 10.0 Å². The molecule has 2 N–H and O–H groups in total. The van der Waals surface area contributed by atoms with E-state index in [1.165, 1.54) is 6.07 Å². The maximum Gasteiger partial charge on any atom is 0.243 e. The van der Waals surface area contributed by atoms with Gasteiger partial charge < -0.3 is 5.32 Å². The van der Waals surface area contributed by atoms with Crippen LogP contribution in [0.4, 0.5) is 4.39 Å². The summed E-state index contributed by atoms with van der Waals surface area (Å²) in [7, 11) is -3.84. The molecule has 120 valence electrons. The molecular weight excluding hydrogens is 359 g/mol. The van der Waals surface area contributed by atoms with Gasteiger partial charge in [-0.05, 0) is 31.0 Å². The highest BCUT2D eigenvalue weighted by atomic mass is 79.9. The number of rotatable bonds is 8. The van der Waals surface area contributed by atoms with Crippen LogP contribution in [0.2, 0.25) is 0 Å². The molecule has 0 fully saturated rings. The van der Waals surface area contributed by atoms with Crippen molar-refractivity contribution in [1.29, 1.82) is 0 Å². The van der Waals surface area contributed by atoms with Crippen LogP contribution >= 0.6 is 15.9 Å². The maximum absolute atomic E-state index is 14.4. The number of benzene rings is 1. The molecule has 0 radical (unpaired) electrons. The molecule has 0 amide bonds. The lowest BCUT2D eigenvalue weighted by molar-refractivity contribution is 0.533. The van der Waals surface area contributed by atoms with Crippen LogP contribution in [0, 0.1) is 11.7 Å². The number of hydrogen-bond acceptors (Lipinski definition) is 3. The zero-order valence-corrected chi connectivity index (χ0v) is 14.9. The third kappa shape index (κ3) is 5.65. The summed E-state index contributed by atoms with van der Waals surface area (Å²) in [6.45, 7) is 7.11. The van der Waals surface area contributed by atoms with Crippen molar-refractivity contribution >= 4 is 26.0 Å². The fraction of sp³-hybridized carbons (Fsp3) is 0.571. The SMILES string of the molecule is CCCNCc1cc(Br)cc(S(=O)(=O)NCC(C)C)c1F. The van der Waals surface area contributed by atoms with Crippen LogP contribution in [0.5, 0.6) is 0 Å². The molecule has 0 aliphatic carbocycles. The first-order chi connectivity index (χ1) is 9.77. The van der Waals surface area contributed by atoms with Crippen molar-refractivity contribution in [2.24, 2.45) is 5.92 Å². The van der Waals surface area contributed by atoms with Gasteiger partial charge in [-0.1, -0.05) is 36.7 Å². The molecule has 0 saturated heterocycles. The van der Waals surface area contributed by atoms with Crippen LogP contribution in [0.25, 0.3) is 0 Å². The molecule has 0 aliphatic rings. The van der Waals surface area contributed by atoms with Crippen molar-refractivity contribution < 1.29 is 12.8 Å². The number of sulfonamides is 1. The largest absolute Gasteiger partial charge is 0.313 e. The van der Waals surface area contributed by atoms with E-state index in [2.05, 4.69) is 26.0 Å². The van der Waals surface area contributed by atoms with Crippen molar-refractivity contribution in [2.45, 2.75) is 38.6 Å². The molecule has 0 aromatic heterocycles. The first-order valence-corrected chi connectivity index (χ1v) is 9.23. The van der Waals surface area contributed by atoms with Gasteiger partial charge in [0.25, 0.3) is 0 Å². The van der Waals surface area contributed by atoms with E-state index in [-0.39, 0.29) is 17.4 Å². The summed E-state index contributed by atoms with van der Waals surface area (Å²) in [5.74, 6) is -0.543. The molecule has 1 aromatic rings. The molecular formula is C14H22BrFN2O2S. The van der Waals surface area contributed by atoms with E-state index < -0.39 is 15.8 Å². The summed E-state index contributed by atoms with van der Waals surface area (Å²) >= 11 is 3.24. The van der Waals surface area contributed by atoms with Crippen LogP contribution in [-0.2, 0) is 16.6 Å². The van der Waals surface area contributed by atoms with E-state index in [4.69, 9.17) is 0 Å². The third-order valence-electron chi connectivity index (χ3n) is 2.79. The quantitative estimate of drug-likeness (QED) is 0.681. The molecule has 7 heteroatoms. The van der Waals surface area contributed by atoms with Gasteiger partial charge in [-0.2, -0.15) is 0 Å². The zero-order chi connectivity index (χ0) is 16.0. The Bertz CT molecular complexity index is 577. The first kappa shape index (κ1) is 18.5. The Morgan fingerprint density at radius 1 is 1.33 bits per heavy atom. The Morgan fingerprint density at radius 3 is 2.57 bits per heavy atom. The topological polar surface area (TPSA) is 58.2 Å². The normalized spacial score (nSPS) is 12.1. The smallest absolute Gasteiger partial charge is 0.243 e. The average molecular weight is 381 g/mol. The summed E-state index contributed by atoms with van der Waals surface area (Å²) in [6, 6.07) is 2.89. The summed E-state index contributed by atoms with van der Waals surface area (Å²) in [5.41, 5.74) is 0.336. The summed E-state index contributed by atoms with van der Waals surface area (Å²) in [5, 5.41) is 3.07. The highest BCUT2D eigenvalue weighted by Gasteiger charge is 2.22. The molecule has 0 bridgehead atoms. The fourth-order valence-electron chi connectivity index (χ4n) is 1.70. The second-order valence-electron chi connectivity index (χ2n) is 5.30. The molecule has 1 aromatic carbocycles. The molecule has 0 heterocycles. The number of hydrogen-bond donors (Lipinski definition) is 2. The van der Waals surface area contributed by atoms with E-state index in [1.807, 2.05) is 20.8 Å². The van der Waals surface area contributed by atoms with Gasteiger partial charge >= 0.3 is 0 Å². The minimum atomic E-state index is -3.84. The van der Waals surface area contributed by atoms with Gasteiger partial charge in [-0.3, -0.25) is 0 Å². The predicted octanol–water partition coefficient (Wildman–Crippen LogP) is 3.02. The Morgan fingerprint density at radius 2 is 2.00 bits per heavy atom. The van der Waals surface area contributed by atoms with Gasteiger partial charge in [0.15, 0.2) is 0 Å². The summed E-state index contributed by atoms with van der Waals surface area (Å²) in [4.78, 5) is -0.314. The summed E-state index contributed by atoms with van der Waals surface area (Å²) < 4.78 is 41.8. The predicted molar refractivity (Wildman–Crippen MR) is 86.1 cm³/mol. The molecule has 21 heavy (non-hydrogen) atoms. The van der Waals surface area contributed by atoms with Crippen molar-refractivity contribution in [3.63, 3.8) is 0 Å². The minimum absolute atomic E-state index is 0.153. The van der Waals surface area contributed by atoms with Gasteiger partial charge in [0.05, 0.1) is 0 Å². The Hall–Kier alpha value is -0.500. The molecule has 0 atom stereocenters. The van der Waals surface area contributed by atoms with Gasteiger partial charge in [0, 0.05) is 23.1 Å². The summed E-state index contributed by atoms with van der Waals surface area (Å²) in [6.07, 6.45) is 0.927. The first-order valence-electron chi connectivity index (χ1n) is 6.96. The molecule has 0 saturated carbocycles. The molecule has 0 aliphatic heterocycles. The minimum Gasteiger partial charge on any atom is -0.313 e. The number of halogens is 2.